The Morgan fingerprint density at radius 3 is 2.57 bits per heavy atom. The van der Waals surface area contributed by atoms with Crippen LogP contribution in [0.4, 0.5) is 0 Å². The Morgan fingerprint density at radius 1 is 1.43 bits per heavy atom. The standard InChI is InChI=1S/C5H5ClS/c6-5-3-1-2-4-7-5/h1-5H. The summed E-state index contributed by atoms with van der Waals surface area (Å²) in [5, 5.41) is 1.98. The Morgan fingerprint density at radius 2 is 2.29 bits per heavy atom. The molecule has 7 heavy (non-hydrogen) atoms. The molecule has 0 aromatic rings. The molecule has 0 radical (unpaired) electrons. The second-order valence-electron chi connectivity index (χ2n) is 1.20. The second kappa shape index (κ2) is 2.43. The van der Waals surface area contributed by atoms with Gasteiger partial charge in [0.05, 0.1) is 0 Å². The zero-order valence-corrected chi connectivity index (χ0v) is 5.25. The minimum absolute atomic E-state index is 0.157. The van der Waals surface area contributed by atoms with E-state index in [2.05, 4.69) is 0 Å². The fourth-order valence-corrected chi connectivity index (χ4v) is 1.14. The summed E-state index contributed by atoms with van der Waals surface area (Å²) >= 11 is 7.26. The molecule has 0 aromatic heterocycles. The van der Waals surface area contributed by atoms with Crippen molar-refractivity contribution in [3.8, 4) is 0 Å². The van der Waals surface area contributed by atoms with E-state index in [1.54, 1.807) is 11.8 Å². The molecule has 0 N–H and O–H groups in total. The topological polar surface area (TPSA) is 0 Å². The van der Waals surface area contributed by atoms with Gasteiger partial charge in [0, 0.05) is 0 Å². The second-order valence-corrected chi connectivity index (χ2v) is 2.98. The molecule has 1 rings (SSSR count). The first-order chi connectivity index (χ1) is 3.39. The Bertz CT molecular complexity index is 107. The van der Waals surface area contributed by atoms with Crippen molar-refractivity contribution >= 4 is 23.4 Å². The van der Waals surface area contributed by atoms with Gasteiger partial charge in [-0.3, -0.25) is 0 Å². The van der Waals surface area contributed by atoms with Crippen molar-refractivity contribution in [2.45, 2.75) is 4.71 Å². The van der Waals surface area contributed by atoms with Crippen LogP contribution in [0.5, 0.6) is 0 Å². The molecule has 1 unspecified atom stereocenters. The van der Waals surface area contributed by atoms with Crippen LogP contribution in [0.15, 0.2) is 23.6 Å². The zero-order chi connectivity index (χ0) is 5.11. The quantitative estimate of drug-likeness (QED) is 0.456. The van der Waals surface area contributed by atoms with E-state index in [-0.39, 0.29) is 4.71 Å². The minimum Gasteiger partial charge on any atom is -0.110 e. The van der Waals surface area contributed by atoms with Crippen molar-refractivity contribution in [1.82, 2.24) is 0 Å². The first-order valence-corrected chi connectivity index (χ1v) is 3.40. The maximum Gasteiger partial charge on any atom is 0.101 e. The fourth-order valence-electron chi connectivity index (χ4n) is 0.363. The van der Waals surface area contributed by atoms with Crippen LogP contribution >= 0.6 is 23.4 Å². The van der Waals surface area contributed by atoms with Gasteiger partial charge in [-0.05, 0) is 5.41 Å². The molecule has 0 saturated heterocycles. The van der Waals surface area contributed by atoms with E-state index in [9.17, 15) is 0 Å². The normalized spacial score (nSPS) is 28.4. The Labute approximate surface area is 52.2 Å². The number of allylic oxidation sites excluding steroid dienone is 2. The van der Waals surface area contributed by atoms with Crippen LogP contribution in [0.3, 0.4) is 0 Å². The largest absolute Gasteiger partial charge is 0.110 e. The Hall–Kier alpha value is 0.120. The van der Waals surface area contributed by atoms with E-state index in [0.717, 1.165) is 0 Å². The van der Waals surface area contributed by atoms with Crippen LogP contribution in [0.25, 0.3) is 0 Å². The molecule has 0 saturated carbocycles. The fraction of sp³-hybridized carbons (Fsp3) is 0.200. The van der Waals surface area contributed by atoms with Crippen LogP contribution in [-0.2, 0) is 0 Å². The van der Waals surface area contributed by atoms with E-state index < -0.39 is 0 Å². The number of halogens is 1. The zero-order valence-electron chi connectivity index (χ0n) is 3.67. The molecule has 0 aromatic carbocycles. The number of thioether (sulfide) groups is 1. The van der Waals surface area contributed by atoms with E-state index in [0.29, 0.717) is 0 Å². The number of hydrogen-bond donors (Lipinski definition) is 0. The number of hydrogen-bond acceptors (Lipinski definition) is 1. The molecule has 1 aliphatic heterocycles. The lowest BCUT2D eigenvalue weighted by Gasteiger charge is -1.99. The SMILES string of the molecule is ClC1C=CC=CS1. The molecule has 0 aliphatic carbocycles. The lowest BCUT2D eigenvalue weighted by molar-refractivity contribution is 1.61. The molecule has 1 aliphatic rings. The monoisotopic (exact) mass is 132 g/mol. The summed E-state index contributed by atoms with van der Waals surface area (Å²) in [6, 6.07) is 0. The van der Waals surface area contributed by atoms with Gasteiger partial charge in [0.15, 0.2) is 0 Å². The molecule has 38 valence electrons. The molecule has 2 heteroatoms. The first kappa shape index (κ1) is 5.26. The predicted molar refractivity (Wildman–Crippen MR) is 35.5 cm³/mol. The molecule has 0 amide bonds. The highest BCUT2D eigenvalue weighted by atomic mass is 35.5. The number of alkyl halides is 1. The van der Waals surface area contributed by atoms with Gasteiger partial charge >= 0.3 is 0 Å². The van der Waals surface area contributed by atoms with E-state index >= 15 is 0 Å². The first-order valence-electron chi connectivity index (χ1n) is 2.02. The van der Waals surface area contributed by atoms with Gasteiger partial charge in [0.2, 0.25) is 0 Å². The molecule has 1 atom stereocenters. The minimum atomic E-state index is 0.157. The third kappa shape index (κ3) is 1.58. The van der Waals surface area contributed by atoms with Crippen LogP contribution < -0.4 is 0 Å². The summed E-state index contributed by atoms with van der Waals surface area (Å²) in [5.74, 6) is 0. The summed E-state index contributed by atoms with van der Waals surface area (Å²) in [6.45, 7) is 0. The predicted octanol–water partition coefficient (Wildman–Crippen LogP) is 2.37. The summed E-state index contributed by atoms with van der Waals surface area (Å²) in [7, 11) is 0. The van der Waals surface area contributed by atoms with Gasteiger partial charge in [0.1, 0.15) is 4.71 Å². The summed E-state index contributed by atoms with van der Waals surface area (Å²) in [6.07, 6.45) is 5.88. The van der Waals surface area contributed by atoms with Gasteiger partial charge in [-0.25, -0.2) is 0 Å². The molecule has 0 spiro atoms. The van der Waals surface area contributed by atoms with Crippen molar-refractivity contribution in [3.63, 3.8) is 0 Å². The third-order valence-electron chi connectivity index (χ3n) is 0.661. The summed E-state index contributed by atoms with van der Waals surface area (Å²) < 4.78 is 0.157. The molecule has 0 nitrogen and oxygen atoms in total. The van der Waals surface area contributed by atoms with Crippen molar-refractivity contribution in [2.24, 2.45) is 0 Å². The lowest BCUT2D eigenvalue weighted by Crippen LogP contribution is -1.83. The lowest BCUT2D eigenvalue weighted by atomic mass is 10.5. The Kier molecular flexibility index (Phi) is 1.83. The highest BCUT2D eigenvalue weighted by Gasteiger charge is 1.96. The molecule has 0 bridgehead atoms. The summed E-state index contributed by atoms with van der Waals surface area (Å²) in [5.41, 5.74) is 0. The highest BCUT2D eigenvalue weighted by molar-refractivity contribution is 8.04. The van der Waals surface area contributed by atoms with Gasteiger partial charge in [-0.1, -0.05) is 18.2 Å². The maximum absolute atomic E-state index is 5.64. The van der Waals surface area contributed by atoms with Crippen LogP contribution in [-0.4, -0.2) is 4.71 Å². The van der Waals surface area contributed by atoms with Crippen LogP contribution in [0.1, 0.15) is 0 Å². The van der Waals surface area contributed by atoms with Gasteiger partial charge in [-0.15, -0.1) is 23.4 Å². The Balaban J connectivity index is 2.49. The molecular weight excluding hydrogens is 128 g/mol. The maximum atomic E-state index is 5.64. The van der Waals surface area contributed by atoms with E-state index in [4.69, 9.17) is 11.6 Å². The van der Waals surface area contributed by atoms with E-state index in [1.807, 2.05) is 23.6 Å². The number of rotatable bonds is 0. The van der Waals surface area contributed by atoms with Crippen molar-refractivity contribution in [1.29, 1.82) is 0 Å². The van der Waals surface area contributed by atoms with E-state index in [1.165, 1.54) is 0 Å². The smallest absolute Gasteiger partial charge is 0.101 e. The van der Waals surface area contributed by atoms with Crippen molar-refractivity contribution in [2.75, 3.05) is 0 Å². The average Bonchev–Trinajstić information content (AvgIpc) is 1.69. The summed E-state index contributed by atoms with van der Waals surface area (Å²) in [4.78, 5) is 0. The molecular formula is C5H5ClS. The molecule has 0 fully saturated rings. The van der Waals surface area contributed by atoms with Gasteiger partial charge in [0.25, 0.3) is 0 Å². The highest BCUT2D eigenvalue weighted by Crippen LogP contribution is 2.20. The van der Waals surface area contributed by atoms with Gasteiger partial charge < -0.3 is 0 Å². The van der Waals surface area contributed by atoms with Gasteiger partial charge in [-0.2, -0.15) is 0 Å². The van der Waals surface area contributed by atoms with Crippen molar-refractivity contribution < 1.29 is 0 Å². The average molecular weight is 133 g/mol. The van der Waals surface area contributed by atoms with Crippen LogP contribution in [0, 0.1) is 0 Å². The van der Waals surface area contributed by atoms with Crippen LogP contribution in [0.2, 0.25) is 0 Å². The van der Waals surface area contributed by atoms with Crippen molar-refractivity contribution in [3.05, 3.63) is 23.6 Å². The third-order valence-corrected chi connectivity index (χ3v) is 1.85. The molecule has 1 heterocycles.